The normalized spacial score (nSPS) is 15.2. The van der Waals surface area contributed by atoms with Gasteiger partial charge in [-0.25, -0.2) is 9.18 Å². The van der Waals surface area contributed by atoms with E-state index in [1.54, 1.807) is 24.3 Å². The Bertz CT molecular complexity index is 1600. The van der Waals surface area contributed by atoms with E-state index >= 15 is 0 Å². The number of hydrogen-bond acceptors (Lipinski definition) is 6. The van der Waals surface area contributed by atoms with Crippen molar-refractivity contribution in [2.24, 2.45) is 0 Å². The lowest BCUT2D eigenvalue weighted by Gasteiger charge is -2.41. The molecule has 212 valence electrons. The van der Waals surface area contributed by atoms with Crippen LogP contribution in [0, 0.1) is 5.82 Å². The molecule has 1 aromatic heterocycles. The summed E-state index contributed by atoms with van der Waals surface area (Å²) < 4.78 is 55.5. The molecule has 1 aliphatic carbocycles. The number of nitrogens with zero attached hydrogens (tertiary/aromatic N) is 2. The maximum atomic E-state index is 13.9. The summed E-state index contributed by atoms with van der Waals surface area (Å²) in [5.41, 5.74) is 3.26. The maximum absolute atomic E-state index is 13.9. The van der Waals surface area contributed by atoms with Crippen LogP contribution in [0.3, 0.4) is 0 Å². The van der Waals surface area contributed by atoms with E-state index < -0.39 is 18.4 Å². The van der Waals surface area contributed by atoms with Gasteiger partial charge in [0.25, 0.3) is 0 Å². The molecule has 0 spiro atoms. The predicted molar refractivity (Wildman–Crippen MR) is 150 cm³/mol. The van der Waals surface area contributed by atoms with Crippen molar-refractivity contribution in [2.45, 2.75) is 37.9 Å². The number of rotatable bonds is 10. The minimum atomic E-state index is -2.95. The first kappa shape index (κ1) is 27.4. The minimum absolute atomic E-state index is 0.0655. The van der Waals surface area contributed by atoms with Gasteiger partial charge in [-0.05, 0) is 78.3 Å². The van der Waals surface area contributed by atoms with Gasteiger partial charge in [-0.3, -0.25) is 0 Å². The van der Waals surface area contributed by atoms with Crippen LogP contribution in [-0.4, -0.2) is 35.2 Å². The number of hydrogen-bond donors (Lipinski definition) is 1. The third kappa shape index (κ3) is 5.85. The fraction of sp³-hybridized carbons (Fsp3) is 0.267. The van der Waals surface area contributed by atoms with Gasteiger partial charge >= 0.3 is 12.6 Å². The summed E-state index contributed by atoms with van der Waals surface area (Å²) in [5.74, 6) is -0.671. The van der Waals surface area contributed by atoms with E-state index in [0.717, 1.165) is 34.9 Å². The fourth-order valence-electron chi connectivity index (χ4n) is 5.05. The van der Waals surface area contributed by atoms with Crippen LogP contribution in [0.15, 0.2) is 60.7 Å². The molecular formula is C30H24ClF3N2O4S. The van der Waals surface area contributed by atoms with Gasteiger partial charge in [-0.15, -0.1) is 0 Å². The number of carboxylic acid groups (broad SMARTS) is 1. The molecule has 1 aliphatic heterocycles. The van der Waals surface area contributed by atoms with Crippen molar-refractivity contribution in [3.8, 4) is 22.8 Å². The SMILES string of the molecule is O=C(O)c1cc(F)cc(N2CC(c3ccc(OCc4c(-c5ccccc5OC(F)F)nsc4C4CC4)cc3Cl)C2)c1. The molecule has 0 bridgehead atoms. The fourth-order valence-corrected chi connectivity index (χ4v) is 6.42. The molecule has 1 saturated heterocycles. The van der Waals surface area contributed by atoms with Gasteiger partial charge in [0, 0.05) is 45.7 Å². The predicted octanol–water partition coefficient (Wildman–Crippen LogP) is 7.96. The van der Waals surface area contributed by atoms with Gasteiger partial charge in [-0.2, -0.15) is 13.2 Å². The zero-order valence-electron chi connectivity index (χ0n) is 21.5. The number of carboxylic acids is 1. The summed E-state index contributed by atoms with van der Waals surface area (Å²) in [4.78, 5) is 14.3. The smallest absolute Gasteiger partial charge is 0.387 e. The molecule has 2 aliphatic rings. The van der Waals surface area contributed by atoms with E-state index in [4.69, 9.17) is 21.1 Å². The van der Waals surface area contributed by atoms with Crippen LogP contribution in [-0.2, 0) is 6.61 Å². The van der Waals surface area contributed by atoms with E-state index in [1.165, 1.54) is 29.7 Å². The summed E-state index contributed by atoms with van der Waals surface area (Å²) in [6, 6.07) is 15.9. The van der Waals surface area contributed by atoms with E-state index in [1.807, 2.05) is 17.0 Å². The molecule has 6 rings (SSSR count). The molecule has 1 saturated carbocycles. The Labute approximate surface area is 243 Å². The lowest BCUT2D eigenvalue weighted by Crippen LogP contribution is -2.45. The Morgan fingerprint density at radius 2 is 1.88 bits per heavy atom. The van der Waals surface area contributed by atoms with Crippen LogP contribution in [0.5, 0.6) is 11.5 Å². The molecule has 6 nitrogen and oxygen atoms in total. The quantitative estimate of drug-likeness (QED) is 0.199. The number of benzene rings is 3. The minimum Gasteiger partial charge on any atom is -0.489 e. The molecule has 4 aromatic rings. The average Bonchev–Trinajstić information content (AvgIpc) is 3.66. The highest BCUT2D eigenvalue weighted by Gasteiger charge is 2.32. The second-order valence-corrected chi connectivity index (χ2v) is 11.3. The first-order valence-electron chi connectivity index (χ1n) is 13.0. The van der Waals surface area contributed by atoms with Crippen molar-refractivity contribution >= 4 is 34.8 Å². The monoisotopic (exact) mass is 600 g/mol. The Balaban J connectivity index is 1.16. The average molecular weight is 601 g/mol. The number of halogens is 4. The Hall–Kier alpha value is -3.76. The highest BCUT2D eigenvalue weighted by atomic mass is 35.5. The van der Waals surface area contributed by atoms with E-state index in [2.05, 4.69) is 4.37 Å². The van der Waals surface area contributed by atoms with Gasteiger partial charge in [0.2, 0.25) is 0 Å². The molecule has 0 unspecified atom stereocenters. The van der Waals surface area contributed by atoms with Crippen molar-refractivity contribution in [1.29, 1.82) is 0 Å². The molecule has 0 atom stereocenters. The first-order chi connectivity index (χ1) is 19.8. The highest BCUT2D eigenvalue weighted by molar-refractivity contribution is 7.06. The summed E-state index contributed by atoms with van der Waals surface area (Å²) in [6.45, 7) is -1.62. The van der Waals surface area contributed by atoms with Gasteiger partial charge in [0.05, 0.1) is 11.3 Å². The molecular weight excluding hydrogens is 577 g/mol. The summed E-state index contributed by atoms with van der Waals surface area (Å²) in [5, 5.41) is 9.74. The molecule has 3 aromatic carbocycles. The van der Waals surface area contributed by atoms with Crippen LogP contribution in [0.2, 0.25) is 5.02 Å². The third-order valence-electron chi connectivity index (χ3n) is 7.30. The van der Waals surface area contributed by atoms with Gasteiger partial charge < -0.3 is 19.5 Å². The number of aromatic carboxylic acids is 1. The number of carbonyl (C=O) groups is 1. The van der Waals surface area contributed by atoms with Crippen LogP contribution >= 0.6 is 23.1 Å². The van der Waals surface area contributed by atoms with Crippen molar-refractivity contribution in [1.82, 2.24) is 4.37 Å². The number of anilines is 1. The molecule has 11 heteroatoms. The number of ether oxygens (including phenoxy) is 2. The number of alkyl halides is 2. The molecule has 1 N–H and O–H groups in total. The van der Waals surface area contributed by atoms with Crippen LogP contribution in [0.25, 0.3) is 11.3 Å². The lowest BCUT2D eigenvalue weighted by molar-refractivity contribution is -0.0494. The lowest BCUT2D eigenvalue weighted by atomic mass is 9.90. The van der Waals surface area contributed by atoms with E-state index in [0.29, 0.717) is 46.7 Å². The maximum Gasteiger partial charge on any atom is 0.387 e. The molecule has 0 radical (unpaired) electrons. The topological polar surface area (TPSA) is 71.9 Å². The molecule has 2 heterocycles. The molecule has 41 heavy (non-hydrogen) atoms. The zero-order valence-corrected chi connectivity index (χ0v) is 23.1. The summed E-state index contributed by atoms with van der Waals surface area (Å²) >= 11 is 8.00. The number of para-hydroxylation sites is 1. The Morgan fingerprint density at radius 3 is 2.59 bits per heavy atom. The molecule has 0 amide bonds. The molecule has 2 fully saturated rings. The largest absolute Gasteiger partial charge is 0.489 e. The summed E-state index contributed by atoms with van der Waals surface area (Å²) in [7, 11) is 0. The van der Waals surface area contributed by atoms with Gasteiger partial charge in [-0.1, -0.05) is 29.8 Å². The zero-order chi connectivity index (χ0) is 28.7. The van der Waals surface area contributed by atoms with Crippen LogP contribution in [0.1, 0.15) is 51.0 Å². The van der Waals surface area contributed by atoms with Crippen molar-refractivity contribution in [3.63, 3.8) is 0 Å². The second-order valence-electron chi connectivity index (χ2n) is 10.1. The van der Waals surface area contributed by atoms with Gasteiger partial charge in [0.15, 0.2) is 0 Å². The van der Waals surface area contributed by atoms with Crippen molar-refractivity contribution < 1.29 is 32.5 Å². The summed E-state index contributed by atoms with van der Waals surface area (Å²) in [6.07, 6.45) is 2.10. The standard InChI is InChI=1S/C30H24ClF3N2O4S/c31-25-12-21(7-8-22(25)18-13-36(14-18)20-10-17(29(37)38)9-19(32)11-20)39-15-24-27(35-41-28(24)16-5-6-16)23-3-1-2-4-26(23)40-30(33)34/h1-4,7-12,16,18,30H,5-6,13-15H2,(H,37,38). The van der Waals surface area contributed by atoms with Crippen molar-refractivity contribution in [2.75, 3.05) is 18.0 Å². The first-order valence-corrected chi connectivity index (χ1v) is 14.2. The van der Waals surface area contributed by atoms with Crippen molar-refractivity contribution in [3.05, 3.63) is 93.1 Å². The van der Waals surface area contributed by atoms with E-state index in [-0.39, 0.29) is 23.8 Å². The Kier molecular flexibility index (Phi) is 7.52. The number of aromatic nitrogens is 1. The highest BCUT2D eigenvalue weighted by Crippen LogP contribution is 2.47. The van der Waals surface area contributed by atoms with Gasteiger partial charge in [0.1, 0.15) is 23.9 Å². The Morgan fingerprint density at radius 1 is 1.10 bits per heavy atom. The van der Waals surface area contributed by atoms with Crippen LogP contribution < -0.4 is 14.4 Å². The van der Waals surface area contributed by atoms with E-state index in [9.17, 15) is 23.1 Å². The van der Waals surface area contributed by atoms with Crippen LogP contribution in [0.4, 0.5) is 18.9 Å². The second kappa shape index (κ2) is 11.3. The third-order valence-corrected chi connectivity index (χ3v) is 8.67.